The highest BCUT2D eigenvalue weighted by Gasteiger charge is 2.32. The number of rotatable bonds is 5. The van der Waals surface area contributed by atoms with Gasteiger partial charge < -0.3 is 15.0 Å². The summed E-state index contributed by atoms with van der Waals surface area (Å²) in [5, 5.41) is 2.95. The number of nitrogens with one attached hydrogen (secondary N) is 1. The molecule has 2 rings (SSSR count). The van der Waals surface area contributed by atoms with Crippen molar-refractivity contribution in [1.29, 1.82) is 0 Å². The number of carbonyl (C=O) groups is 2. The predicted molar refractivity (Wildman–Crippen MR) is 84.5 cm³/mol. The molecule has 2 aliphatic heterocycles. The van der Waals surface area contributed by atoms with Crippen molar-refractivity contribution in [2.75, 3.05) is 45.9 Å². The average Bonchev–Trinajstić information content (AvgIpc) is 2.59. The summed E-state index contributed by atoms with van der Waals surface area (Å²) in [7, 11) is 0. The highest BCUT2D eigenvalue weighted by molar-refractivity contribution is 5.81. The molecule has 6 heteroatoms. The first-order valence-electron chi connectivity index (χ1n) is 8.51. The fraction of sp³-hybridized carbons (Fsp3) is 0.875. The van der Waals surface area contributed by atoms with E-state index in [0.29, 0.717) is 13.2 Å². The molecule has 0 aromatic rings. The van der Waals surface area contributed by atoms with Gasteiger partial charge in [-0.2, -0.15) is 0 Å². The lowest BCUT2D eigenvalue weighted by Crippen LogP contribution is -2.51. The SMILES string of the molecule is CCCNC(=O)C(C)N1CCC(C(=O)N2CCOCC2)CC1. The monoisotopic (exact) mass is 311 g/mol. The van der Waals surface area contributed by atoms with Crippen molar-refractivity contribution in [2.24, 2.45) is 5.92 Å². The third-order valence-corrected chi connectivity index (χ3v) is 4.68. The summed E-state index contributed by atoms with van der Waals surface area (Å²) < 4.78 is 5.30. The first-order chi connectivity index (χ1) is 10.6. The Bertz CT molecular complexity index is 375. The Balaban J connectivity index is 1.77. The second-order valence-electron chi connectivity index (χ2n) is 6.21. The van der Waals surface area contributed by atoms with Gasteiger partial charge in [-0.1, -0.05) is 6.92 Å². The number of amides is 2. The molecule has 22 heavy (non-hydrogen) atoms. The highest BCUT2D eigenvalue weighted by atomic mass is 16.5. The van der Waals surface area contributed by atoms with Crippen LogP contribution in [0.3, 0.4) is 0 Å². The Morgan fingerprint density at radius 2 is 1.82 bits per heavy atom. The normalized spacial score (nSPS) is 22.4. The lowest BCUT2D eigenvalue weighted by Gasteiger charge is -2.37. The summed E-state index contributed by atoms with van der Waals surface area (Å²) in [6.07, 6.45) is 2.65. The van der Waals surface area contributed by atoms with Gasteiger partial charge in [0.1, 0.15) is 0 Å². The molecular weight excluding hydrogens is 282 g/mol. The van der Waals surface area contributed by atoms with Crippen LogP contribution in [-0.2, 0) is 14.3 Å². The fourth-order valence-corrected chi connectivity index (χ4v) is 3.14. The Hall–Kier alpha value is -1.14. The first-order valence-corrected chi connectivity index (χ1v) is 8.51. The third-order valence-electron chi connectivity index (χ3n) is 4.68. The number of morpholine rings is 1. The summed E-state index contributed by atoms with van der Waals surface area (Å²) in [4.78, 5) is 28.6. The molecule has 2 saturated heterocycles. The van der Waals surface area contributed by atoms with Gasteiger partial charge in [0.15, 0.2) is 0 Å². The topological polar surface area (TPSA) is 61.9 Å². The summed E-state index contributed by atoms with van der Waals surface area (Å²) in [5.41, 5.74) is 0. The van der Waals surface area contributed by atoms with E-state index in [1.165, 1.54) is 0 Å². The van der Waals surface area contributed by atoms with Gasteiger partial charge in [-0.3, -0.25) is 14.5 Å². The number of likely N-dealkylation sites (tertiary alicyclic amines) is 1. The minimum Gasteiger partial charge on any atom is -0.378 e. The zero-order valence-electron chi connectivity index (χ0n) is 13.8. The molecule has 0 aromatic carbocycles. The fourth-order valence-electron chi connectivity index (χ4n) is 3.14. The Morgan fingerprint density at radius 3 is 2.41 bits per heavy atom. The maximum atomic E-state index is 12.5. The average molecular weight is 311 g/mol. The van der Waals surface area contributed by atoms with Crippen LogP contribution >= 0.6 is 0 Å². The van der Waals surface area contributed by atoms with E-state index in [2.05, 4.69) is 10.2 Å². The van der Waals surface area contributed by atoms with E-state index in [9.17, 15) is 9.59 Å². The number of hydrogen-bond acceptors (Lipinski definition) is 4. The molecule has 2 amide bonds. The summed E-state index contributed by atoms with van der Waals surface area (Å²) in [6, 6.07) is -0.106. The zero-order valence-corrected chi connectivity index (χ0v) is 13.8. The van der Waals surface area contributed by atoms with E-state index in [4.69, 9.17) is 4.74 Å². The van der Waals surface area contributed by atoms with E-state index in [1.54, 1.807) is 0 Å². The number of hydrogen-bond donors (Lipinski definition) is 1. The molecular formula is C16H29N3O3. The molecule has 1 N–H and O–H groups in total. The second-order valence-corrected chi connectivity index (χ2v) is 6.21. The lowest BCUT2D eigenvalue weighted by molar-refractivity contribution is -0.141. The van der Waals surface area contributed by atoms with Crippen molar-refractivity contribution in [3.05, 3.63) is 0 Å². The molecule has 2 fully saturated rings. The van der Waals surface area contributed by atoms with Crippen molar-refractivity contribution in [2.45, 2.75) is 39.2 Å². The van der Waals surface area contributed by atoms with E-state index in [-0.39, 0.29) is 23.8 Å². The summed E-state index contributed by atoms with van der Waals surface area (Å²) in [6.45, 7) is 9.11. The van der Waals surface area contributed by atoms with E-state index < -0.39 is 0 Å². The third kappa shape index (κ3) is 4.43. The van der Waals surface area contributed by atoms with Crippen LogP contribution in [0, 0.1) is 5.92 Å². The predicted octanol–water partition coefficient (Wildman–Crippen LogP) is 0.472. The zero-order chi connectivity index (χ0) is 15.9. The highest BCUT2D eigenvalue weighted by Crippen LogP contribution is 2.21. The van der Waals surface area contributed by atoms with E-state index in [0.717, 1.165) is 52.0 Å². The quantitative estimate of drug-likeness (QED) is 0.802. The number of piperidine rings is 1. The van der Waals surface area contributed by atoms with Gasteiger partial charge in [-0.25, -0.2) is 0 Å². The van der Waals surface area contributed by atoms with Gasteiger partial charge in [0.2, 0.25) is 11.8 Å². The Labute approximate surface area is 133 Å². The lowest BCUT2D eigenvalue weighted by atomic mass is 9.94. The Morgan fingerprint density at radius 1 is 1.18 bits per heavy atom. The first kappa shape index (κ1) is 17.2. The van der Waals surface area contributed by atoms with Gasteiger partial charge in [0.25, 0.3) is 0 Å². The Kier molecular flexibility index (Phi) is 6.64. The minimum absolute atomic E-state index is 0.0970. The van der Waals surface area contributed by atoms with Crippen LogP contribution < -0.4 is 5.32 Å². The van der Waals surface area contributed by atoms with Crippen LogP contribution in [-0.4, -0.2) is 73.6 Å². The van der Waals surface area contributed by atoms with Gasteiger partial charge in [0, 0.05) is 25.6 Å². The van der Waals surface area contributed by atoms with E-state index >= 15 is 0 Å². The molecule has 0 spiro atoms. The van der Waals surface area contributed by atoms with Crippen molar-refractivity contribution in [3.8, 4) is 0 Å². The molecule has 126 valence electrons. The molecule has 1 atom stereocenters. The van der Waals surface area contributed by atoms with E-state index in [1.807, 2.05) is 18.7 Å². The minimum atomic E-state index is -0.106. The van der Waals surface area contributed by atoms with Crippen LogP contribution in [0.25, 0.3) is 0 Å². The van der Waals surface area contributed by atoms with Crippen LogP contribution in [0.1, 0.15) is 33.1 Å². The molecule has 0 saturated carbocycles. The molecule has 1 unspecified atom stereocenters. The molecule has 2 aliphatic rings. The van der Waals surface area contributed by atoms with Gasteiger partial charge in [-0.05, 0) is 39.3 Å². The molecule has 0 bridgehead atoms. The standard InChI is InChI=1S/C16H29N3O3/c1-3-6-17-15(20)13(2)18-7-4-14(5-8-18)16(21)19-9-11-22-12-10-19/h13-14H,3-12H2,1-2H3,(H,17,20). The summed E-state index contributed by atoms with van der Waals surface area (Å²) in [5.74, 6) is 0.478. The molecule has 2 heterocycles. The van der Waals surface area contributed by atoms with Crippen LogP contribution in [0.4, 0.5) is 0 Å². The summed E-state index contributed by atoms with van der Waals surface area (Å²) >= 11 is 0. The van der Waals surface area contributed by atoms with Gasteiger partial charge in [0.05, 0.1) is 19.3 Å². The van der Waals surface area contributed by atoms with Gasteiger partial charge in [-0.15, -0.1) is 0 Å². The smallest absolute Gasteiger partial charge is 0.237 e. The largest absolute Gasteiger partial charge is 0.378 e. The molecule has 6 nitrogen and oxygen atoms in total. The maximum absolute atomic E-state index is 12.5. The van der Waals surface area contributed by atoms with Crippen LogP contribution in [0.15, 0.2) is 0 Å². The van der Waals surface area contributed by atoms with Crippen molar-refractivity contribution >= 4 is 11.8 Å². The molecule has 0 aromatic heterocycles. The number of carbonyl (C=O) groups excluding carboxylic acids is 2. The van der Waals surface area contributed by atoms with Crippen molar-refractivity contribution < 1.29 is 14.3 Å². The van der Waals surface area contributed by atoms with Gasteiger partial charge >= 0.3 is 0 Å². The van der Waals surface area contributed by atoms with Crippen LogP contribution in [0.5, 0.6) is 0 Å². The van der Waals surface area contributed by atoms with Crippen LogP contribution in [0.2, 0.25) is 0 Å². The number of nitrogens with zero attached hydrogens (tertiary/aromatic N) is 2. The molecule has 0 aliphatic carbocycles. The molecule has 0 radical (unpaired) electrons. The van der Waals surface area contributed by atoms with Crippen molar-refractivity contribution in [3.63, 3.8) is 0 Å². The maximum Gasteiger partial charge on any atom is 0.237 e. The second kappa shape index (κ2) is 8.48. The number of ether oxygens (including phenoxy) is 1. The van der Waals surface area contributed by atoms with Crippen molar-refractivity contribution in [1.82, 2.24) is 15.1 Å².